The zero-order valence-corrected chi connectivity index (χ0v) is 9.13. The van der Waals surface area contributed by atoms with Gasteiger partial charge in [0, 0.05) is 17.6 Å². The van der Waals surface area contributed by atoms with E-state index in [1.807, 2.05) is 13.8 Å². The van der Waals surface area contributed by atoms with Gasteiger partial charge in [0.1, 0.15) is 12.0 Å². The quantitative estimate of drug-likeness (QED) is 0.753. The lowest BCUT2D eigenvalue weighted by molar-refractivity contribution is -0.120. The van der Waals surface area contributed by atoms with Gasteiger partial charge in [0.25, 0.3) is 5.22 Å². The molecule has 76 valence electrons. The monoisotopic (exact) mass is 211 g/mol. The van der Waals surface area contributed by atoms with Crippen LogP contribution in [-0.2, 0) is 4.79 Å². The second-order valence-electron chi connectivity index (χ2n) is 3.70. The van der Waals surface area contributed by atoms with Crippen molar-refractivity contribution in [3.05, 3.63) is 12.0 Å². The number of ketones is 1. The highest BCUT2D eigenvalue weighted by Crippen LogP contribution is 2.36. The second kappa shape index (κ2) is 3.77. The summed E-state index contributed by atoms with van der Waals surface area (Å²) in [5, 5.41) is 1.04. The van der Waals surface area contributed by atoms with Crippen molar-refractivity contribution in [1.82, 2.24) is 4.98 Å². The third-order valence-corrected chi connectivity index (χ3v) is 3.93. The fraction of sp³-hybridized carbons (Fsp3) is 0.600. The standard InChI is InChI=1S/C10H13NO2S/c1-6-5-13-10(11-6)14-9-4-3-8(12)7(9)2/h5,7,9H,3-4H2,1-2H3. The number of rotatable bonds is 2. The number of Topliss-reactive ketones (excluding diaryl/α,β-unsaturated/α-hetero) is 1. The van der Waals surface area contributed by atoms with Gasteiger partial charge in [0.05, 0.1) is 5.69 Å². The predicted octanol–water partition coefficient (Wildman–Crippen LogP) is 2.44. The van der Waals surface area contributed by atoms with E-state index in [9.17, 15) is 4.79 Å². The Balaban J connectivity index is 2.02. The Morgan fingerprint density at radius 1 is 1.64 bits per heavy atom. The Morgan fingerprint density at radius 2 is 2.43 bits per heavy atom. The van der Waals surface area contributed by atoms with Gasteiger partial charge in [0.15, 0.2) is 0 Å². The topological polar surface area (TPSA) is 43.1 Å². The molecule has 1 fully saturated rings. The molecule has 1 saturated carbocycles. The molecule has 0 aromatic carbocycles. The molecule has 1 aromatic heterocycles. The second-order valence-corrected chi connectivity index (χ2v) is 4.90. The van der Waals surface area contributed by atoms with Crippen molar-refractivity contribution in [3.8, 4) is 0 Å². The van der Waals surface area contributed by atoms with E-state index in [-0.39, 0.29) is 5.92 Å². The molecule has 4 heteroatoms. The van der Waals surface area contributed by atoms with Crippen molar-refractivity contribution in [1.29, 1.82) is 0 Å². The molecule has 2 unspecified atom stereocenters. The van der Waals surface area contributed by atoms with Crippen LogP contribution in [0.5, 0.6) is 0 Å². The molecule has 0 radical (unpaired) electrons. The maximum Gasteiger partial charge on any atom is 0.256 e. The van der Waals surface area contributed by atoms with Gasteiger partial charge in [-0.3, -0.25) is 4.79 Å². The molecule has 2 atom stereocenters. The normalized spacial score (nSPS) is 27.1. The van der Waals surface area contributed by atoms with Gasteiger partial charge in [0.2, 0.25) is 0 Å². The molecule has 1 aliphatic rings. The molecule has 1 aromatic rings. The Labute approximate surface area is 87.3 Å². The fourth-order valence-corrected chi connectivity index (χ4v) is 2.80. The van der Waals surface area contributed by atoms with Gasteiger partial charge in [-0.25, -0.2) is 4.98 Å². The molecule has 0 amide bonds. The molecule has 3 nitrogen and oxygen atoms in total. The van der Waals surface area contributed by atoms with Crippen molar-refractivity contribution >= 4 is 17.5 Å². The molecule has 0 aliphatic heterocycles. The van der Waals surface area contributed by atoms with Gasteiger partial charge in [-0.15, -0.1) is 0 Å². The van der Waals surface area contributed by atoms with Crippen molar-refractivity contribution in [2.75, 3.05) is 0 Å². The summed E-state index contributed by atoms with van der Waals surface area (Å²) in [7, 11) is 0. The maximum atomic E-state index is 11.3. The minimum atomic E-state index is 0.146. The van der Waals surface area contributed by atoms with E-state index >= 15 is 0 Å². The number of hydrogen-bond acceptors (Lipinski definition) is 4. The van der Waals surface area contributed by atoms with Crippen LogP contribution in [0.4, 0.5) is 0 Å². The van der Waals surface area contributed by atoms with E-state index in [4.69, 9.17) is 4.42 Å². The SMILES string of the molecule is Cc1coc(SC2CCC(=O)C2C)n1. The number of carbonyl (C=O) groups is 1. The number of aromatic nitrogens is 1. The van der Waals surface area contributed by atoms with Gasteiger partial charge < -0.3 is 4.42 Å². The first kappa shape index (κ1) is 9.77. The van der Waals surface area contributed by atoms with E-state index < -0.39 is 0 Å². The van der Waals surface area contributed by atoms with Crippen molar-refractivity contribution < 1.29 is 9.21 Å². The molecule has 14 heavy (non-hydrogen) atoms. The van der Waals surface area contributed by atoms with Crippen molar-refractivity contribution in [3.63, 3.8) is 0 Å². The lowest BCUT2D eigenvalue weighted by Gasteiger charge is -2.09. The number of nitrogens with zero attached hydrogens (tertiary/aromatic N) is 1. The molecule has 0 N–H and O–H groups in total. The summed E-state index contributed by atoms with van der Waals surface area (Å²) in [6, 6.07) is 0. The highest BCUT2D eigenvalue weighted by Gasteiger charge is 2.32. The van der Waals surface area contributed by atoms with Crippen LogP contribution in [0, 0.1) is 12.8 Å². The van der Waals surface area contributed by atoms with Gasteiger partial charge in [-0.1, -0.05) is 18.7 Å². The Hall–Kier alpha value is -0.770. The third kappa shape index (κ3) is 1.85. The third-order valence-electron chi connectivity index (χ3n) is 2.59. The van der Waals surface area contributed by atoms with Crippen LogP contribution >= 0.6 is 11.8 Å². The molecule has 1 aliphatic carbocycles. The lowest BCUT2D eigenvalue weighted by atomic mass is 10.1. The highest BCUT2D eigenvalue weighted by atomic mass is 32.2. The van der Waals surface area contributed by atoms with Crippen LogP contribution < -0.4 is 0 Å². The van der Waals surface area contributed by atoms with Crippen LogP contribution in [-0.4, -0.2) is 16.0 Å². The molecule has 0 saturated heterocycles. The minimum Gasteiger partial charge on any atom is -0.440 e. The van der Waals surface area contributed by atoms with Gasteiger partial charge in [-0.2, -0.15) is 0 Å². The molecule has 0 spiro atoms. The number of aryl methyl sites for hydroxylation is 1. The van der Waals surface area contributed by atoms with Crippen molar-refractivity contribution in [2.24, 2.45) is 5.92 Å². The van der Waals surface area contributed by atoms with E-state index in [1.165, 1.54) is 0 Å². The molecule has 0 bridgehead atoms. The smallest absolute Gasteiger partial charge is 0.256 e. The lowest BCUT2D eigenvalue weighted by Crippen LogP contribution is -2.11. The average molecular weight is 211 g/mol. The van der Waals surface area contributed by atoms with Gasteiger partial charge >= 0.3 is 0 Å². The Bertz CT molecular complexity index is 348. The van der Waals surface area contributed by atoms with E-state index in [1.54, 1.807) is 18.0 Å². The summed E-state index contributed by atoms with van der Waals surface area (Å²) in [6.45, 7) is 3.89. The summed E-state index contributed by atoms with van der Waals surface area (Å²) in [5.41, 5.74) is 0.893. The first-order valence-electron chi connectivity index (χ1n) is 4.78. The summed E-state index contributed by atoms with van der Waals surface area (Å²) < 4.78 is 5.25. The number of carbonyl (C=O) groups excluding carboxylic acids is 1. The van der Waals surface area contributed by atoms with Crippen LogP contribution in [0.1, 0.15) is 25.5 Å². The maximum absolute atomic E-state index is 11.3. The largest absolute Gasteiger partial charge is 0.440 e. The fourth-order valence-electron chi connectivity index (χ4n) is 1.65. The van der Waals surface area contributed by atoms with Crippen molar-refractivity contribution in [2.45, 2.75) is 37.2 Å². The first-order valence-corrected chi connectivity index (χ1v) is 5.66. The Kier molecular flexibility index (Phi) is 2.63. The first-order chi connectivity index (χ1) is 6.66. The molecular weight excluding hydrogens is 198 g/mol. The summed E-state index contributed by atoms with van der Waals surface area (Å²) in [5.74, 6) is 0.512. The highest BCUT2D eigenvalue weighted by molar-refractivity contribution is 7.99. The van der Waals surface area contributed by atoms with Crippen LogP contribution in [0.25, 0.3) is 0 Å². The van der Waals surface area contributed by atoms with Crippen LogP contribution in [0.2, 0.25) is 0 Å². The van der Waals surface area contributed by atoms with Crippen LogP contribution in [0.15, 0.2) is 15.9 Å². The number of thioether (sulfide) groups is 1. The van der Waals surface area contributed by atoms with E-state index in [0.717, 1.165) is 12.1 Å². The average Bonchev–Trinajstić information content (AvgIpc) is 2.67. The number of hydrogen-bond donors (Lipinski definition) is 0. The summed E-state index contributed by atoms with van der Waals surface area (Å²) in [4.78, 5) is 15.5. The summed E-state index contributed by atoms with van der Waals surface area (Å²) in [6.07, 6.45) is 3.30. The Morgan fingerprint density at radius 3 is 2.93 bits per heavy atom. The zero-order valence-electron chi connectivity index (χ0n) is 8.32. The minimum absolute atomic E-state index is 0.146. The van der Waals surface area contributed by atoms with E-state index in [0.29, 0.717) is 22.7 Å². The van der Waals surface area contributed by atoms with E-state index in [2.05, 4.69) is 4.98 Å². The van der Waals surface area contributed by atoms with Crippen LogP contribution in [0.3, 0.4) is 0 Å². The van der Waals surface area contributed by atoms with Gasteiger partial charge in [-0.05, 0) is 13.3 Å². The predicted molar refractivity (Wildman–Crippen MR) is 54.3 cm³/mol. The molecule has 2 rings (SSSR count). The summed E-state index contributed by atoms with van der Waals surface area (Å²) >= 11 is 1.59. The molecular formula is C10H13NO2S. The zero-order chi connectivity index (χ0) is 10.1. The number of oxazole rings is 1. The molecule has 1 heterocycles.